The molecule has 3 fully saturated rings. The second-order valence-corrected chi connectivity index (χ2v) is 6.47. The highest BCUT2D eigenvalue weighted by atomic mass is 32.2. The molecule has 106 valence electrons. The van der Waals surface area contributed by atoms with Crippen LogP contribution in [0, 0.1) is 5.92 Å². The van der Waals surface area contributed by atoms with E-state index in [-0.39, 0.29) is 5.91 Å². The molecule has 1 aromatic rings. The zero-order valence-electron chi connectivity index (χ0n) is 11.5. The standard InChI is InChI=1S/C16H20N2OS/c19-16(8-11-20-14-4-2-1-3-5-14)17-15-12-18-9-6-13(15)7-10-18/h1-5,8,11,13,15H,6-7,9-10,12H2,(H,17,19)/b11-8+/t15-/m0/s1. The normalized spacial score (nSPS) is 28.7. The van der Waals surface area contributed by atoms with Crippen molar-refractivity contribution in [2.45, 2.75) is 23.8 Å². The maximum Gasteiger partial charge on any atom is 0.244 e. The Morgan fingerprint density at radius 1 is 1.25 bits per heavy atom. The van der Waals surface area contributed by atoms with Gasteiger partial charge < -0.3 is 10.2 Å². The highest BCUT2D eigenvalue weighted by molar-refractivity contribution is 8.02. The van der Waals surface area contributed by atoms with Gasteiger partial charge in [0.15, 0.2) is 0 Å². The van der Waals surface area contributed by atoms with Crippen LogP contribution in [0.2, 0.25) is 0 Å². The highest BCUT2D eigenvalue weighted by Crippen LogP contribution is 2.27. The average molecular weight is 288 g/mol. The zero-order chi connectivity index (χ0) is 13.8. The minimum Gasteiger partial charge on any atom is -0.348 e. The third kappa shape index (κ3) is 3.44. The number of piperidine rings is 3. The molecule has 0 aliphatic carbocycles. The molecule has 0 radical (unpaired) electrons. The van der Waals surface area contributed by atoms with Crippen molar-refractivity contribution in [1.82, 2.24) is 10.2 Å². The second kappa shape index (κ2) is 6.46. The topological polar surface area (TPSA) is 32.3 Å². The minimum absolute atomic E-state index is 0.0344. The van der Waals surface area contributed by atoms with E-state index in [2.05, 4.69) is 10.2 Å². The van der Waals surface area contributed by atoms with Gasteiger partial charge >= 0.3 is 0 Å². The Labute approximate surface area is 124 Å². The molecule has 4 heteroatoms. The molecule has 1 N–H and O–H groups in total. The number of hydrogen-bond donors (Lipinski definition) is 1. The first-order chi connectivity index (χ1) is 9.81. The SMILES string of the molecule is O=C(/C=C/Sc1ccccc1)N[C@H]1CN2CCC1CC2. The summed E-state index contributed by atoms with van der Waals surface area (Å²) in [4.78, 5) is 15.6. The lowest BCUT2D eigenvalue weighted by Crippen LogP contribution is -2.57. The summed E-state index contributed by atoms with van der Waals surface area (Å²) in [5.41, 5.74) is 0. The molecule has 4 rings (SSSR count). The monoisotopic (exact) mass is 288 g/mol. The number of fused-ring (bicyclic) bond motifs is 3. The van der Waals surface area contributed by atoms with Gasteiger partial charge in [-0.25, -0.2) is 0 Å². The van der Waals surface area contributed by atoms with Crippen molar-refractivity contribution in [3.05, 3.63) is 41.8 Å². The van der Waals surface area contributed by atoms with Gasteiger partial charge in [-0.05, 0) is 49.4 Å². The van der Waals surface area contributed by atoms with Crippen molar-refractivity contribution in [1.29, 1.82) is 0 Å². The first-order valence-corrected chi connectivity index (χ1v) is 8.10. The van der Waals surface area contributed by atoms with E-state index in [0.29, 0.717) is 12.0 Å². The molecular weight excluding hydrogens is 268 g/mol. The molecule has 0 spiro atoms. The van der Waals surface area contributed by atoms with Gasteiger partial charge in [-0.3, -0.25) is 4.79 Å². The largest absolute Gasteiger partial charge is 0.348 e. The Morgan fingerprint density at radius 2 is 2.00 bits per heavy atom. The summed E-state index contributed by atoms with van der Waals surface area (Å²) < 4.78 is 0. The maximum absolute atomic E-state index is 11.9. The molecule has 3 heterocycles. The Morgan fingerprint density at radius 3 is 2.65 bits per heavy atom. The number of benzene rings is 1. The Bertz CT molecular complexity index is 481. The summed E-state index contributed by atoms with van der Waals surface area (Å²) in [7, 11) is 0. The highest BCUT2D eigenvalue weighted by Gasteiger charge is 2.34. The number of hydrogen-bond acceptors (Lipinski definition) is 3. The summed E-state index contributed by atoms with van der Waals surface area (Å²) >= 11 is 1.57. The molecule has 20 heavy (non-hydrogen) atoms. The molecule has 2 bridgehead atoms. The van der Waals surface area contributed by atoms with E-state index in [9.17, 15) is 4.79 Å². The van der Waals surface area contributed by atoms with E-state index in [1.165, 1.54) is 25.9 Å². The Hall–Kier alpha value is -1.26. The lowest BCUT2D eigenvalue weighted by Gasteiger charge is -2.44. The maximum atomic E-state index is 11.9. The summed E-state index contributed by atoms with van der Waals surface area (Å²) in [6, 6.07) is 10.4. The molecule has 3 aliphatic heterocycles. The summed E-state index contributed by atoms with van der Waals surface area (Å²) in [5, 5.41) is 5.02. The van der Waals surface area contributed by atoms with Crippen LogP contribution in [0.15, 0.2) is 46.7 Å². The molecule has 1 amide bonds. The van der Waals surface area contributed by atoms with E-state index in [1.54, 1.807) is 17.8 Å². The van der Waals surface area contributed by atoms with Gasteiger partial charge in [0.1, 0.15) is 0 Å². The van der Waals surface area contributed by atoms with Gasteiger partial charge in [0.2, 0.25) is 5.91 Å². The van der Waals surface area contributed by atoms with Crippen LogP contribution in [-0.2, 0) is 4.79 Å². The molecule has 3 saturated heterocycles. The van der Waals surface area contributed by atoms with Crippen LogP contribution in [-0.4, -0.2) is 36.5 Å². The van der Waals surface area contributed by atoms with Crippen LogP contribution >= 0.6 is 11.8 Å². The van der Waals surface area contributed by atoms with Crippen molar-refractivity contribution in [3.63, 3.8) is 0 Å². The fraction of sp³-hybridized carbons (Fsp3) is 0.438. The number of rotatable bonds is 4. The quantitative estimate of drug-likeness (QED) is 0.682. The lowest BCUT2D eigenvalue weighted by atomic mass is 9.84. The fourth-order valence-corrected chi connectivity index (χ4v) is 3.70. The van der Waals surface area contributed by atoms with Gasteiger partial charge in [-0.15, -0.1) is 0 Å². The van der Waals surface area contributed by atoms with Crippen LogP contribution < -0.4 is 5.32 Å². The lowest BCUT2D eigenvalue weighted by molar-refractivity contribution is -0.118. The second-order valence-electron chi connectivity index (χ2n) is 5.49. The molecule has 3 nitrogen and oxygen atoms in total. The first-order valence-electron chi connectivity index (χ1n) is 7.22. The predicted octanol–water partition coefficient (Wildman–Crippen LogP) is 2.50. The smallest absolute Gasteiger partial charge is 0.244 e. The van der Waals surface area contributed by atoms with Crippen molar-refractivity contribution < 1.29 is 4.79 Å². The summed E-state index contributed by atoms with van der Waals surface area (Å²) in [5.74, 6) is 0.714. The molecule has 3 aliphatic rings. The van der Waals surface area contributed by atoms with Gasteiger partial charge in [0.05, 0.1) is 0 Å². The van der Waals surface area contributed by atoms with Crippen LogP contribution in [0.4, 0.5) is 0 Å². The molecule has 1 aromatic carbocycles. The van der Waals surface area contributed by atoms with Gasteiger partial charge in [0.25, 0.3) is 0 Å². The molecular formula is C16H20N2OS. The Balaban J connectivity index is 1.47. The van der Waals surface area contributed by atoms with E-state index >= 15 is 0 Å². The van der Waals surface area contributed by atoms with Gasteiger partial charge in [0, 0.05) is 23.6 Å². The van der Waals surface area contributed by atoms with E-state index < -0.39 is 0 Å². The number of carbonyl (C=O) groups is 1. The molecule has 0 aromatic heterocycles. The minimum atomic E-state index is 0.0344. The van der Waals surface area contributed by atoms with Crippen molar-refractivity contribution in [3.8, 4) is 0 Å². The van der Waals surface area contributed by atoms with Gasteiger partial charge in [-0.1, -0.05) is 30.0 Å². The fourth-order valence-electron chi connectivity index (χ4n) is 3.03. The van der Waals surface area contributed by atoms with Crippen LogP contribution in [0.1, 0.15) is 12.8 Å². The summed E-state index contributed by atoms with van der Waals surface area (Å²) in [6.45, 7) is 3.43. The zero-order valence-corrected chi connectivity index (χ0v) is 12.3. The molecule has 0 unspecified atom stereocenters. The van der Waals surface area contributed by atoms with E-state index in [1.807, 2.05) is 35.7 Å². The predicted molar refractivity (Wildman–Crippen MR) is 82.5 cm³/mol. The average Bonchev–Trinajstić information content (AvgIpc) is 2.49. The van der Waals surface area contributed by atoms with E-state index in [0.717, 1.165) is 11.4 Å². The first kappa shape index (κ1) is 13.7. The van der Waals surface area contributed by atoms with Crippen LogP contribution in [0.3, 0.4) is 0 Å². The van der Waals surface area contributed by atoms with Crippen LogP contribution in [0.25, 0.3) is 0 Å². The third-order valence-electron chi connectivity index (χ3n) is 4.15. The van der Waals surface area contributed by atoms with Crippen molar-refractivity contribution in [2.24, 2.45) is 5.92 Å². The number of thioether (sulfide) groups is 1. The van der Waals surface area contributed by atoms with Crippen molar-refractivity contribution in [2.75, 3.05) is 19.6 Å². The third-order valence-corrected chi connectivity index (χ3v) is 4.97. The molecule has 1 atom stereocenters. The number of carbonyl (C=O) groups excluding carboxylic acids is 1. The van der Waals surface area contributed by atoms with E-state index in [4.69, 9.17) is 0 Å². The number of amides is 1. The van der Waals surface area contributed by atoms with Crippen LogP contribution in [0.5, 0.6) is 0 Å². The molecule has 0 saturated carbocycles. The van der Waals surface area contributed by atoms with Crippen molar-refractivity contribution >= 4 is 17.7 Å². The number of nitrogens with one attached hydrogen (secondary N) is 1. The number of nitrogens with zero attached hydrogens (tertiary/aromatic N) is 1. The van der Waals surface area contributed by atoms with Gasteiger partial charge in [-0.2, -0.15) is 0 Å². The summed E-state index contributed by atoms with van der Waals surface area (Å²) in [6.07, 6.45) is 4.11. The Kier molecular flexibility index (Phi) is 4.43.